The van der Waals surface area contributed by atoms with E-state index in [-0.39, 0.29) is 5.60 Å². The Morgan fingerprint density at radius 3 is 2.20 bits per heavy atom. The van der Waals surface area contributed by atoms with E-state index < -0.39 is 11.7 Å². The van der Waals surface area contributed by atoms with Crippen molar-refractivity contribution in [2.24, 2.45) is 0 Å². The highest BCUT2D eigenvalue weighted by atomic mass is 19.4. The highest BCUT2D eigenvalue weighted by molar-refractivity contribution is 5.28. The number of benzene rings is 2. The van der Waals surface area contributed by atoms with Gasteiger partial charge in [-0.3, -0.25) is 0 Å². The Morgan fingerprint density at radius 2 is 1.60 bits per heavy atom. The van der Waals surface area contributed by atoms with Gasteiger partial charge in [0.2, 0.25) is 0 Å². The van der Waals surface area contributed by atoms with Crippen molar-refractivity contribution in [1.29, 1.82) is 0 Å². The fourth-order valence-electron chi connectivity index (χ4n) is 2.40. The average molecular weight is 351 g/mol. The third-order valence-electron chi connectivity index (χ3n) is 3.52. The average Bonchev–Trinajstić information content (AvgIpc) is 2.51. The first-order valence-electron chi connectivity index (χ1n) is 8.28. The van der Waals surface area contributed by atoms with Gasteiger partial charge in [0, 0.05) is 6.54 Å². The van der Waals surface area contributed by atoms with Gasteiger partial charge in [-0.15, -0.1) is 0 Å². The first-order valence-corrected chi connectivity index (χ1v) is 8.28. The second kappa shape index (κ2) is 7.91. The molecule has 1 N–H and O–H groups in total. The zero-order valence-corrected chi connectivity index (χ0v) is 14.8. The van der Waals surface area contributed by atoms with E-state index in [1.807, 2.05) is 45.0 Å². The van der Waals surface area contributed by atoms with Gasteiger partial charge >= 0.3 is 6.18 Å². The minimum Gasteiger partial charge on any atom is -0.488 e. The molecule has 0 saturated carbocycles. The minimum atomic E-state index is -4.29. The van der Waals surface area contributed by atoms with Crippen LogP contribution in [0.4, 0.5) is 13.2 Å². The summed E-state index contributed by atoms with van der Waals surface area (Å²) in [7, 11) is 0. The molecule has 5 heteroatoms. The minimum absolute atomic E-state index is 0.231. The maximum atomic E-state index is 12.7. The quantitative estimate of drug-likeness (QED) is 0.721. The number of halogens is 3. The summed E-state index contributed by atoms with van der Waals surface area (Å²) in [6.07, 6.45) is -3.74. The molecule has 0 aliphatic rings. The molecule has 0 amide bonds. The van der Waals surface area contributed by atoms with E-state index in [0.29, 0.717) is 25.1 Å². The van der Waals surface area contributed by atoms with Gasteiger partial charge in [0.25, 0.3) is 0 Å². The van der Waals surface area contributed by atoms with E-state index in [1.54, 1.807) is 6.07 Å². The smallest absolute Gasteiger partial charge is 0.416 e. The fourth-order valence-corrected chi connectivity index (χ4v) is 2.40. The predicted molar refractivity (Wildman–Crippen MR) is 93.7 cm³/mol. The molecule has 0 aliphatic carbocycles. The lowest BCUT2D eigenvalue weighted by molar-refractivity contribution is -0.137. The summed E-state index contributed by atoms with van der Waals surface area (Å²) in [5.41, 5.74) is 0.950. The predicted octanol–water partition coefficient (Wildman–Crippen LogP) is 5.22. The van der Waals surface area contributed by atoms with Gasteiger partial charge < -0.3 is 10.1 Å². The summed E-state index contributed by atoms with van der Waals surface area (Å²) >= 11 is 0. The molecular weight excluding hydrogens is 327 g/mol. The normalized spacial score (nSPS) is 12.2. The van der Waals surface area contributed by atoms with Crippen molar-refractivity contribution < 1.29 is 17.9 Å². The molecule has 2 nitrogen and oxygen atoms in total. The van der Waals surface area contributed by atoms with Crippen LogP contribution >= 0.6 is 0 Å². The second-order valence-electron chi connectivity index (χ2n) is 6.98. The Labute approximate surface area is 147 Å². The summed E-state index contributed by atoms with van der Waals surface area (Å²) in [4.78, 5) is 0. The van der Waals surface area contributed by atoms with Crippen LogP contribution < -0.4 is 10.1 Å². The Hall–Kier alpha value is -2.01. The van der Waals surface area contributed by atoms with Gasteiger partial charge in [-0.1, -0.05) is 30.3 Å². The van der Waals surface area contributed by atoms with Gasteiger partial charge in [0.15, 0.2) is 0 Å². The number of ether oxygens (including phenoxy) is 1. The molecule has 2 rings (SSSR count). The van der Waals surface area contributed by atoms with E-state index in [2.05, 4.69) is 5.32 Å². The van der Waals surface area contributed by atoms with Crippen molar-refractivity contribution in [2.75, 3.05) is 6.54 Å². The van der Waals surface area contributed by atoms with Gasteiger partial charge in [0.05, 0.1) is 5.56 Å². The molecule has 0 aliphatic heterocycles. The van der Waals surface area contributed by atoms with Crippen LogP contribution in [0.15, 0.2) is 48.5 Å². The van der Waals surface area contributed by atoms with Crippen LogP contribution in [0.2, 0.25) is 0 Å². The van der Waals surface area contributed by atoms with Gasteiger partial charge in [-0.25, -0.2) is 0 Å². The van der Waals surface area contributed by atoms with Crippen molar-refractivity contribution in [1.82, 2.24) is 5.32 Å². The van der Waals surface area contributed by atoms with Crippen molar-refractivity contribution in [2.45, 2.75) is 45.5 Å². The molecule has 0 unspecified atom stereocenters. The van der Waals surface area contributed by atoms with Crippen LogP contribution in [-0.2, 0) is 19.1 Å². The van der Waals surface area contributed by atoms with E-state index in [4.69, 9.17) is 4.74 Å². The number of nitrogens with one attached hydrogen (secondary N) is 1. The Morgan fingerprint density at radius 1 is 0.920 bits per heavy atom. The Bertz CT molecular complexity index is 673. The van der Waals surface area contributed by atoms with Gasteiger partial charge in [-0.2, -0.15) is 13.2 Å². The van der Waals surface area contributed by atoms with Crippen molar-refractivity contribution >= 4 is 0 Å². The van der Waals surface area contributed by atoms with E-state index >= 15 is 0 Å². The fraction of sp³-hybridized carbons (Fsp3) is 0.400. The summed E-state index contributed by atoms with van der Waals surface area (Å²) in [6.45, 7) is 7.26. The highest BCUT2D eigenvalue weighted by Gasteiger charge is 2.30. The van der Waals surface area contributed by atoms with Crippen LogP contribution in [0, 0.1) is 0 Å². The van der Waals surface area contributed by atoms with E-state index in [1.165, 1.54) is 12.1 Å². The van der Waals surface area contributed by atoms with Crippen LogP contribution in [0.5, 0.6) is 5.75 Å². The van der Waals surface area contributed by atoms with Crippen LogP contribution in [0.25, 0.3) is 0 Å². The molecule has 0 aromatic heterocycles. The SMILES string of the molecule is CC(C)(C)Oc1ccc(CNCCc2cccc(C(F)(F)F)c2)cc1. The first-order chi connectivity index (χ1) is 11.6. The molecule has 0 spiro atoms. The zero-order chi connectivity index (χ0) is 18.5. The molecule has 2 aromatic rings. The monoisotopic (exact) mass is 351 g/mol. The maximum Gasteiger partial charge on any atom is 0.416 e. The standard InChI is InChI=1S/C20H24F3NO/c1-19(2,3)25-18-9-7-16(8-10-18)14-24-12-11-15-5-4-6-17(13-15)20(21,22)23/h4-10,13,24H,11-12,14H2,1-3H3. The zero-order valence-electron chi connectivity index (χ0n) is 14.8. The highest BCUT2D eigenvalue weighted by Crippen LogP contribution is 2.29. The molecule has 0 bridgehead atoms. The molecule has 0 atom stereocenters. The molecular formula is C20H24F3NO. The molecule has 136 valence electrons. The molecule has 25 heavy (non-hydrogen) atoms. The summed E-state index contributed by atoms with van der Waals surface area (Å²) in [5, 5.41) is 3.25. The number of hydrogen-bond acceptors (Lipinski definition) is 2. The van der Waals surface area contributed by atoms with Crippen molar-refractivity contribution in [3.05, 3.63) is 65.2 Å². The molecule has 2 aromatic carbocycles. The third-order valence-corrected chi connectivity index (χ3v) is 3.52. The maximum absolute atomic E-state index is 12.7. The van der Waals surface area contributed by atoms with E-state index in [0.717, 1.165) is 17.4 Å². The Kier molecular flexibility index (Phi) is 6.11. The lowest BCUT2D eigenvalue weighted by Crippen LogP contribution is -2.23. The molecule has 0 fully saturated rings. The van der Waals surface area contributed by atoms with Gasteiger partial charge in [0.1, 0.15) is 11.4 Å². The molecule has 0 heterocycles. The molecule has 0 radical (unpaired) electrons. The van der Waals surface area contributed by atoms with Crippen LogP contribution in [0.3, 0.4) is 0 Å². The van der Waals surface area contributed by atoms with Crippen LogP contribution in [-0.4, -0.2) is 12.1 Å². The molecule has 0 saturated heterocycles. The largest absolute Gasteiger partial charge is 0.488 e. The third kappa shape index (κ3) is 6.78. The van der Waals surface area contributed by atoms with E-state index in [9.17, 15) is 13.2 Å². The number of alkyl halides is 3. The lowest BCUT2D eigenvalue weighted by Gasteiger charge is -2.21. The summed E-state index contributed by atoms with van der Waals surface area (Å²) in [5.74, 6) is 0.820. The van der Waals surface area contributed by atoms with Gasteiger partial charge in [-0.05, 0) is 63.1 Å². The van der Waals surface area contributed by atoms with Crippen molar-refractivity contribution in [3.8, 4) is 5.75 Å². The first kappa shape index (κ1) is 19.3. The summed E-state index contributed by atoms with van der Waals surface area (Å²) in [6, 6.07) is 13.3. The summed E-state index contributed by atoms with van der Waals surface area (Å²) < 4.78 is 43.8. The number of rotatable bonds is 6. The van der Waals surface area contributed by atoms with Crippen LogP contribution in [0.1, 0.15) is 37.5 Å². The topological polar surface area (TPSA) is 21.3 Å². The Balaban J connectivity index is 1.80. The second-order valence-corrected chi connectivity index (χ2v) is 6.98. The van der Waals surface area contributed by atoms with Crippen molar-refractivity contribution in [3.63, 3.8) is 0 Å². The lowest BCUT2D eigenvalue weighted by atomic mass is 10.1. The number of hydrogen-bond donors (Lipinski definition) is 1.